The maximum absolute atomic E-state index is 13.9. The summed E-state index contributed by atoms with van der Waals surface area (Å²) in [4.78, 5) is 13.7. The molecule has 1 aliphatic heterocycles. The molecule has 2 rings (SSSR count). The molecule has 0 saturated carbocycles. The van der Waals surface area contributed by atoms with Crippen LogP contribution in [0, 0.1) is 0 Å². The molecule has 1 fully saturated rings. The second-order valence-corrected chi connectivity index (χ2v) is 4.31. The van der Waals surface area contributed by atoms with Gasteiger partial charge >= 0.3 is 0 Å². The Morgan fingerprint density at radius 1 is 1.56 bits per heavy atom. The van der Waals surface area contributed by atoms with Crippen LogP contribution < -0.4 is 11.3 Å². The number of hydrogen-bond donors (Lipinski definition) is 1. The molecule has 0 amide bonds. The fourth-order valence-corrected chi connectivity index (χ4v) is 2.15. The molecule has 1 aromatic rings. The second-order valence-electron chi connectivity index (χ2n) is 4.31. The number of anilines is 1. The first-order valence-corrected chi connectivity index (χ1v) is 5.39. The Labute approximate surface area is 93.5 Å². The SMILES string of the molecule is CN1CC[C@@H](n2cccc(N)c2=O)[C@@H](F)C1. The van der Waals surface area contributed by atoms with E-state index in [0.29, 0.717) is 13.0 Å². The lowest BCUT2D eigenvalue weighted by molar-refractivity contribution is 0.105. The van der Waals surface area contributed by atoms with Crippen LogP contribution in [-0.4, -0.2) is 35.8 Å². The van der Waals surface area contributed by atoms with Crippen LogP contribution >= 0.6 is 0 Å². The Bertz CT molecular complexity index is 431. The van der Waals surface area contributed by atoms with Gasteiger partial charge in [-0.25, -0.2) is 4.39 Å². The summed E-state index contributed by atoms with van der Waals surface area (Å²) < 4.78 is 15.3. The van der Waals surface area contributed by atoms with E-state index in [1.165, 1.54) is 4.57 Å². The van der Waals surface area contributed by atoms with E-state index in [0.717, 1.165) is 6.54 Å². The maximum Gasteiger partial charge on any atom is 0.274 e. The van der Waals surface area contributed by atoms with Crippen LogP contribution in [0.1, 0.15) is 12.5 Å². The number of pyridine rings is 1. The van der Waals surface area contributed by atoms with Crippen LogP contribution in [0.5, 0.6) is 0 Å². The lowest BCUT2D eigenvalue weighted by Crippen LogP contribution is -2.43. The van der Waals surface area contributed by atoms with Crippen molar-refractivity contribution in [1.29, 1.82) is 0 Å². The van der Waals surface area contributed by atoms with Gasteiger partial charge in [-0.15, -0.1) is 0 Å². The van der Waals surface area contributed by atoms with Gasteiger partial charge in [-0.2, -0.15) is 0 Å². The highest BCUT2D eigenvalue weighted by Crippen LogP contribution is 2.23. The van der Waals surface area contributed by atoms with Crippen LogP contribution in [0.3, 0.4) is 0 Å². The van der Waals surface area contributed by atoms with Gasteiger partial charge in [0.2, 0.25) is 0 Å². The lowest BCUT2D eigenvalue weighted by Gasteiger charge is -2.33. The van der Waals surface area contributed by atoms with Crippen LogP contribution in [0.4, 0.5) is 10.1 Å². The molecule has 0 aliphatic carbocycles. The fourth-order valence-electron chi connectivity index (χ4n) is 2.15. The van der Waals surface area contributed by atoms with Gasteiger partial charge < -0.3 is 15.2 Å². The minimum atomic E-state index is -1.02. The molecule has 0 unspecified atom stereocenters. The monoisotopic (exact) mass is 225 g/mol. The maximum atomic E-state index is 13.9. The van der Waals surface area contributed by atoms with Gasteiger partial charge in [0.15, 0.2) is 0 Å². The van der Waals surface area contributed by atoms with Crippen molar-refractivity contribution in [2.24, 2.45) is 0 Å². The zero-order valence-corrected chi connectivity index (χ0v) is 9.27. The molecule has 0 spiro atoms. The Hall–Kier alpha value is -1.36. The summed E-state index contributed by atoms with van der Waals surface area (Å²) in [6.07, 6.45) is 1.24. The first-order valence-electron chi connectivity index (χ1n) is 5.39. The molecule has 2 atom stereocenters. The minimum Gasteiger partial charge on any atom is -0.394 e. The van der Waals surface area contributed by atoms with Crippen molar-refractivity contribution in [3.63, 3.8) is 0 Å². The van der Waals surface area contributed by atoms with Crippen LogP contribution in [0.2, 0.25) is 0 Å². The number of alkyl halides is 1. The largest absolute Gasteiger partial charge is 0.394 e. The number of halogens is 1. The highest BCUT2D eigenvalue weighted by Gasteiger charge is 2.29. The zero-order valence-electron chi connectivity index (χ0n) is 9.27. The molecule has 1 aliphatic rings. The van der Waals surface area contributed by atoms with Crippen LogP contribution in [-0.2, 0) is 0 Å². The molecule has 88 valence electrons. The van der Waals surface area contributed by atoms with Gasteiger partial charge in [0.1, 0.15) is 6.17 Å². The highest BCUT2D eigenvalue weighted by molar-refractivity contribution is 5.33. The van der Waals surface area contributed by atoms with Crippen molar-refractivity contribution in [3.05, 3.63) is 28.7 Å². The Morgan fingerprint density at radius 3 is 3.00 bits per heavy atom. The normalized spacial score (nSPS) is 26.9. The number of rotatable bonds is 1. The summed E-state index contributed by atoms with van der Waals surface area (Å²) in [5, 5.41) is 0. The zero-order chi connectivity index (χ0) is 11.7. The number of nitrogen functional groups attached to an aromatic ring is 1. The summed E-state index contributed by atoms with van der Waals surface area (Å²) in [5.41, 5.74) is 5.42. The topological polar surface area (TPSA) is 51.3 Å². The Morgan fingerprint density at radius 2 is 2.31 bits per heavy atom. The highest BCUT2D eigenvalue weighted by atomic mass is 19.1. The molecule has 2 N–H and O–H groups in total. The Kier molecular flexibility index (Phi) is 2.96. The molecular weight excluding hydrogens is 209 g/mol. The number of hydrogen-bond acceptors (Lipinski definition) is 3. The molecular formula is C11H16FN3O. The van der Waals surface area contributed by atoms with Crippen LogP contribution in [0.15, 0.2) is 23.1 Å². The molecule has 1 saturated heterocycles. The van der Waals surface area contributed by atoms with Gasteiger partial charge in [-0.05, 0) is 25.6 Å². The third kappa shape index (κ3) is 1.95. The van der Waals surface area contributed by atoms with E-state index in [1.54, 1.807) is 18.3 Å². The number of nitrogens with zero attached hydrogens (tertiary/aromatic N) is 2. The summed E-state index contributed by atoms with van der Waals surface area (Å²) in [7, 11) is 1.88. The summed E-state index contributed by atoms with van der Waals surface area (Å²) >= 11 is 0. The first-order chi connectivity index (χ1) is 7.59. The van der Waals surface area contributed by atoms with Gasteiger partial charge in [-0.3, -0.25) is 4.79 Å². The lowest BCUT2D eigenvalue weighted by atomic mass is 10.0. The van der Waals surface area contributed by atoms with Crippen molar-refractivity contribution >= 4 is 5.69 Å². The fraction of sp³-hybridized carbons (Fsp3) is 0.545. The number of likely N-dealkylation sites (tertiary alicyclic amines) is 1. The number of aromatic nitrogens is 1. The average Bonchev–Trinajstić information content (AvgIpc) is 2.23. The van der Waals surface area contributed by atoms with E-state index in [4.69, 9.17) is 5.73 Å². The quantitative estimate of drug-likeness (QED) is 0.763. The van der Waals surface area contributed by atoms with Gasteiger partial charge in [0.05, 0.1) is 11.7 Å². The summed E-state index contributed by atoms with van der Waals surface area (Å²) in [5.74, 6) is 0. The first kappa shape index (κ1) is 11.1. The van der Waals surface area contributed by atoms with Crippen LogP contribution in [0.25, 0.3) is 0 Å². The van der Waals surface area contributed by atoms with Crippen molar-refractivity contribution in [1.82, 2.24) is 9.47 Å². The molecule has 16 heavy (non-hydrogen) atoms. The van der Waals surface area contributed by atoms with E-state index in [2.05, 4.69) is 0 Å². The molecule has 1 aromatic heterocycles. The van der Waals surface area contributed by atoms with E-state index in [1.807, 2.05) is 11.9 Å². The minimum absolute atomic E-state index is 0.175. The van der Waals surface area contributed by atoms with E-state index >= 15 is 0 Å². The number of nitrogens with two attached hydrogens (primary N) is 1. The van der Waals surface area contributed by atoms with Crippen molar-refractivity contribution in [2.75, 3.05) is 25.9 Å². The van der Waals surface area contributed by atoms with Gasteiger partial charge in [0, 0.05) is 19.3 Å². The third-order valence-corrected chi connectivity index (χ3v) is 3.07. The Balaban J connectivity index is 2.31. The second kappa shape index (κ2) is 4.25. The number of piperidine rings is 1. The smallest absolute Gasteiger partial charge is 0.274 e. The van der Waals surface area contributed by atoms with Crippen molar-refractivity contribution in [3.8, 4) is 0 Å². The summed E-state index contributed by atoms with van der Waals surface area (Å²) in [6.45, 7) is 1.16. The molecule has 4 nitrogen and oxygen atoms in total. The molecule has 0 bridgehead atoms. The molecule has 2 heterocycles. The summed E-state index contributed by atoms with van der Waals surface area (Å²) in [6, 6.07) is 2.84. The molecule has 0 radical (unpaired) electrons. The molecule has 5 heteroatoms. The standard InChI is InChI=1S/C11H16FN3O/c1-14-6-4-10(8(12)7-14)15-5-2-3-9(13)11(15)16/h2-3,5,8,10H,4,6-7,13H2,1H3/t8-,10+/m0/s1. The average molecular weight is 225 g/mol. The predicted molar refractivity (Wildman–Crippen MR) is 61.2 cm³/mol. The van der Waals surface area contributed by atoms with Crippen molar-refractivity contribution in [2.45, 2.75) is 18.6 Å². The van der Waals surface area contributed by atoms with Crippen molar-refractivity contribution < 1.29 is 4.39 Å². The van der Waals surface area contributed by atoms with Gasteiger partial charge in [-0.1, -0.05) is 0 Å². The van der Waals surface area contributed by atoms with Gasteiger partial charge in [0.25, 0.3) is 5.56 Å². The van der Waals surface area contributed by atoms with E-state index in [-0.39, 0.29) is 17.3 Å². The third-order valence-electron chi connectivity index (χ3n) is 3.07. The van der Waals surface area contributed by atoms with E-state index < -0.39 is 6.17 Å². The predicted octanol–water partition coefficient (Wildman–Crippen LogP) is 0.645. The van der Waals surface area contributed by atoms with E-state index in [9.17, 15) is 9.18 Å². The molecule has 0 aromatic carbocycles.